The predicted molar refractivity (Wildman–Crippen MR) is 213 cm³/mol. The highest BCUT2D eigenvalue weighted by molar-refractivity contribution is 5.99. The minimum atomic E-state index is -1.61. The third-order valence-electron chi connectivity index (χ3n) is 12.4. The topological polar surface area (TPSA) is 187 Å². The first-order chi connectivity index (χ1) is 28.7. The first-order valence-corrected chi connectivity index (χ1v) is 21.0. The second kappa shape index (κ2) is 17.9. The number of amides is 7. The van der Waals surface area contributed by atoms with Crippen molar-refractivity contribution < 1.29 is 47.1 Å². The zero-order valence-electron chi connectivity index (χ0n) is 34.1. The van der Waals surface area contributed by atoms with Crippen molar-refractivity contribution in [3.63, 3.8) is 0 Å². The number of esters is 1. The Kier molecular flexibility index (Phi) is 12.7. The molecule has 0 aromatic heterocycles. The van der Waals surface area contributed by atoms with Gasteiger partial charge in [0.15, 0.2) is 0 Å². The summed E-state index contributed by atoms with van der Waals surface area (Å²) in [7, 11) is 0. The van der Waals surface area contributed by atoms with E-state index in [1.54, 1.807) is 6.07 Å². The van der Waals surface area contributed by atoms with Crippen molar-refractivity contribution in [3.8, 4) is 0 Å². The Morgan fingerprint density at radius 2 is 1.50 bits per heavy atom. The van der Waals surface area contributed by atoms with Crippen LogP contribution < -0.4 is 21.3 Å². The highest BCUT2D eigenvalue weighted by Gasteiger charge is 2.47. The Labute approximate surface area is 347 Å². The number of rotatable bonds is 6. The molecule has 0 unspecified atom stereocenters. The second-order valence-electron chi connectivity index (χ2n) is 16.9. The fraction of sp³-hybridized carbons (Fsp3) is 0.558. The van der Waals surface area contributed by atoms with Crippen molar-refractivity contribution in [1.29, 1.82) is 0 Å². The number of aryl methyl sites for hydroxylation is 2. The standard InChI is InChI=1S/C43H53F2N7O8/c1-23-16-35-42(58)60-25(3)36(41(57)51-15-7-11-34(51)40(56)50-14-5-4-10-33(50)38(54)46-24(2)39(55)52(35)22-23)49-37(53)32(19-26-17-29(44)21-30(45)18-26)48-43(59)47-31-13-12-27-8-6-9-28(27)20-31/h12-13,17-18,20-21,23-25,32-36H,4-11,14-16,19,22H2,1-3H3,(H,46,54)(H,49,53)(H2,47,48,59)/t23-,24+,25+,32+,33+,34+,35+,36+/m1/s1. The van der Waals surface area contributed by atoms with Crippen molar-refractivity contribution in [2.24, 2.45) is 5.92 Å². The van der Waals surface area contributed by atoms with Crippen molar-refractivity contribution >= 4 is 47.2 Å². The van der Waals surface area contributed by atoms with Crippen LogP contribution in [0.3, 0.4) is 0 Å². The second-order valence-corrected chi connectivity index (χ2v) is 16.9. The summed E-state index contributed by atoms with van der Waals surface area (Å²) in [5, 5.41) is 10.8. The molecule has 0 radical (unpaired) electrons. The summed E-state index contributed by atoms with van der Waals surface area (Å²) in [5.41, 5.74) is 2.78. The zero-order valence-corrected chi connectivity index (χ0v) is 34.1. The quantitative estimate of drug-likeness (QED) is 0.320. The molecule has 2 aromatic carbocycles. The van der Waals surface area contributed by atoms with Gasteiger partial charge in [-0.25, -0.2) is 18.4 Å². The number of hydrogen-bond acceptors (Lipinski definition) is 8. The van der Waals surface area contributed by atoms with Gasteiger partial charge in [0.05, 0.1) is 0 Å². The van der Waals surface area contributed by atoms with E-state index in [1.807, 2.05) is 19.1 Å². The number of ether oxygens (including phenoxy) is 1. The maximum absolute atomic E-state index is 14.8. The van der Waals surface area contributed by atoms with Crippen molar-refractivity contribution in [1.82, 2.24) is 30.7 Å². The van der Waals surface area contributed by atoms with E-state index >= 15 is 0 Å². The van der Waals surface area contributed by atoms with Gasteiger partial charge in [0.25, 0.3) is 0 Å². The summed E-state index contributed by atoms with van der Waals surface area (Å²) in [5.74, 6) is -5.89. The van der Waals surface area contributed by atoms with Gasteiger partial charge >= 0.3 is 12.0 Å². The van der Waals surface area contributed by atoms with Crippen LogP contribution in [-0.2, 0) is 52.8 Å². The van der Waals surface area contributed by atoms with Crippen LogP contribution in [0.5, 0.6) is 0 Å². The van der Waals surface area contributed by atoms with Gasteiger partial charge in [0.2, 0.25) is 29.5 Å². The normalized spacial score (nSPS) is 27.9. The smallest absolute Gasteiger partial charge is 0.329 e. The molecule has 0 saturated carbocycles. The van der Waals surface area contributed by atoms with E-state index in [1.165, 1.54) is 34.1 Å². The van der Waals surface area contributed by atoms with Crippen LogP contribution in [-0.4, -0.2) is 118 Å². The van der Waals surface area contributed by atoms with E-state index in [9.17, 15) is 42.3 Å². The SMILES string of the molecule is C[C@@H]1C[C@H]2C(=O)O[C@@H](C)[C@H](NC(=O)[C@H](Cc3cc(F)cc(F)c3)NC(=O)Nc3ccc4c(c3)CCC4)C(=O)N3CCC[C@H]3C(=O)N3CCCC[C@H]3C(=O)N[C@@H](C)C(=O)N2C1. The molecule has 0 spiro atoms. The van der Waals surface area contributed by atoms with E-state index in [-0.39, 0.29) is 44.0 Å². The number of cyclic esters (lactones) is 1. The van der Waals surface area contributed by atoms with Gasteiger partial charge in [-0.3, -0.25) is 24.0 Å². The molecule has 15 nitrogen and oxygen atoms in total. The highest BCUT2D eigenvalue weighted by Crippen LogP contribution is 2.29. The summed E-state index contributed by atoms with van der Waals surface area (Å²) in [6.07, 6.45) is 3.62. The number of carbonyl (C=O) groups is 7. The van der Waals surface area contributed by atoms with Gasteiger partial charge < -0.3 is 40.7 Å². The van der Waals surface area contributed by atoms with Crippen LogP contribution in [0.25, 0.3) is 0 Å². The molecule has 17 heteroatoms. The summed E-state index contributed by atoms with van der Waals surface area (Å²) >= 11 is 0. The first kappa shape index (κ1) is 42.5. The number of nitrogens with one attached hydrogen (secondary N) is 4. The highest BCUT2D eigenvalue weighted by atomic mass is 19.1. The molecule has 0 bridgehead atoms. The molecule has 4 aliphatic heterocycles. The van der Waals surface area contributed by atoms with Crippen LogP contribution >= 0.6 is 0 Å². The van der Waals surface area contributed by atoms with E-state index in [2.05, 4.69) is 21.3 Å². The lowest BCUT2D eigenvalue weighted by Crippen LogP contribution is -2.63. The molecular weight excluding hydrogens is 781 g/mol. The fourth-order valence-corrected chi connectivity index (χ4v) is 9.37. The Bertz CT molecular complexity index is 2030. The number of piperidine rings is 1. The number of benzene rings is 2. The number of urea groups is 1. The largest absolute Gasteiger partial charge is 0.458 e. The average molecular weight is 834 g/mol. The number of carbonyl (C=O) groups excluding carboxylic acids is 7. The summed E-state index contributed by atoms with van der Waals surface area (Å²) in [6, 6.07) is 0.338. The summed E-state index contributed by atoms with van der Waals surface area (Å²) < 4.78 is 34.7. The molecule has 2 aromatic rings. The molecule has 4 heterocycles. The number of nitrogens with zero attached hydrogens (tertiary/aromatic N) is 3. The molecule has 8 atom stereocenters. The van der Waals surface area contributed by atoms with Crippen LogP contribution in [0, 0.1) is 17.6 Å². The van der Waals surface area contributed by atoms with Crippen molar-refractivity contribution in [2.75, 3.05) is 25.0 Å². The molecule has 7 rings (SSSR count). The lowest BCUT2D eigenvalue weighted by molar-refractivity contribution is -0.163. The molecule has 1 aliphatic carbocycles. The minimum Gasteiger partial charge on any atom is -0.458 e. The third-order valence-corrected chi connectivity index (χ3v) is 12.4. The molecule has 7 amide bonds. The maximum atomic E-state index is 14.8. The minimum absolute atomic E-state index is 0.0361. The van der Waals surface area contributed by atoms with Gasteiger partial charge in [-0.2, -0.15) is 0 Å². The zero-order chi connectivity index (χ0) is 42.8. The number of halogens is 2. The van der Waals surface area contributed by atoms with Crippen LogP contribution in [0.1, 0.15) is 82.4 Å². The predicted octanol–water partition coefficient (Wildman–Crippen LogP) is 2.73. The number of hydrogen-bond donors (Lipinski definition) is 4. The Balaban J connectivity index is 1.20. The van der Waals surface area contributed by atoms with Gasteiger partial charge in [0, 0.05) is 37.8 Å². The first-order valence-electron chi connectivity index (χ1n) is 21.0. The Hall–Kier alpha value is -5.61. The van der Waals surface area contributed by atoms with E-state index < -0.39 is 102 Å². The molecule has 4 saturated heterocycles. The van der Waals surface area contributed by atoms with E-state index in [4.69, 9.17) is 4.74 Å². The lowest BCUT2D eigenvalue weighted by Gasteiger charge is -2.39. The molecule has 4 N–H and O–H groups in total. The van der Waals surface area contributed by atoms with Crippen LogP contribution in [0.4, 0.5) is 19.3 Å². The van der Waals surface area contributed by atoms with Crippen molar-refractivity contribution in [3.05, 3.63) is 64.7 Å². The van der Waals surface area contributed by atoms with Crippen LogP contribution in [0.2, 0.25) is 0 Å². The van der Waals surface area contributed by atoms with Crippen LogP contribution in [0.15, 0.2) is 36.4 Å². The number of anilines is 1. The van der Waals surface area contributed by atoms with Gasteiger partial charge in [-0.05, 0) is 119 Å². The summed E-state index contributed by atoms with van der Waals surface area (Å²) in [4.78, 5) is 103. The Morgan fingerprint density at radius 3 is 2.27 bits per heavy atom. The molecule has 4 fully saturated rings. The Morgan fingerprint density at radius 1 is 0.800 bits per heavy atom. The lowest BCUT2D eigenvalue weighted by atomic mass is 9.99. The fourth-order valence-electron chi connectivity index (χ4n) is 9.37. The van der Waals surface area contributed by atoms with Crippen molar-refractivity contribution in [2.45, 2.75) is 127 Å². The van der Waals surface area contributed by atoms with Gasteiger partial charge in [-0.15, -0.1) is 0 Å². The number of fused-ring (bicyclic) bond motifs is 4. The monoisotopic (exact) mass is 833 g/mol. The molecule has 322 valence electrons. The summed E-state index contributed by atoms with van der Waals surface area (Å²) in [6.45, 7) is 5.41. The molecular formula is C43H53F2N7O8. The molecule has 60 heavy (non-hydrogen) atoms. The molecule has 5 aliphatic rings. The third kappa shape index (κ3) is 9.24. The van der Waals surface area contributed by atoms with E-state index in [0.717, 1.165) is 37.0 Å². The van der Waals surface area contributed by atoms with Gasteiger partial charge in [-0.1, -0.05) is 13.0 Å². The van der Waals surface area contributed by atoms with Gasteiger partial charge in [0.1, 0.15) is 54.0 Å². The average Bonchev–Trinajstić information content (AvgIpc) is 3.98. The van der Waals surface area contributed by atoms with E-state index in [0.29, 0.717) is 37.4 Å². The maximum Gasteiger partial charge on any atom is 0.329 e.